The van der Waals surface area contributed by atoms with Gasteiger partial charge in [0, 0.05) is 12.2 Å². The van der Waals surface area contributed by atoms with Gasteiger partial charge in [0.25, 0.3) is 0 Å². The third kappa shape index (κ3) is 1.78. The van der Waals surface area contributed by atoms with Gasteiger partial charge in [-0.25, -0.2) is 4.79 Å². The van der Waals surface area contributed by atoms with Crippen molar-refractivity contribution in [2.45, 2.75) is 18.6 Å². The molecule has 17 heavy (non-hydrogen) atoms. The Morgan fingerprint density at radius 3 is 3.06 bits per heavy atom. The van der Waals surface area contributed by atoms with E-state index in [1.807, 2.05) is 18.2 Å². The van der Waals surface area contributed by atoms with Crippen LogP contribution < -0.4 is 4.90 Å². The van der Waals surface area contributed by atoms with Crippen LogP contribution in [0.1, 0.15) is 16.8 Å². The molecule has 2 bridgehead atoms. The number of methoxy groups -OCH3 is 1. The van der Waals surface area contributed by atoms with E-state index in [2.05, 4.69) is 4.90 Å². The lowest BCUT2D eigenvalue weighted by Crippen LogP contribution is -2.36. The third-order valence-corrected chi connectivity index (χ3v) is 3.50. The van der Waals surface area contributed by atoms with E-state index in [1.165, 1.54) is 7.11 Å². The summed E-state index contributed by atoms with van der Waals surface area (Å²) < 4.78 is 10.3. The minimum absolute atomic E-state index is 0.285. The molecule has 1 aromatic carbocycles. The van der Waals surface area contributed by atoms with Crippen LogP contribution in [0.3, 0.4) is 0 Å². The molecule has 2 aliphatic rings. The molecule has 0 aromatic heterocycles. The number of hydrogen-bond acceptors (Lipinski definition) is 4. The highest BCUT2D eigenvalue weighted by molar-refractivity contribution is 5.90. The molecule has 0 spiro atoms. The number of hydrogen-bond donors (Lipinski definition) is 0. The molecular formula is C13H15NO3. The average molecular weight is 233 g/mol. The highest BCUT2D eigenvalue weighted by Crippen LogP contribution is 2.32. The predicted molar refractivity (Wildman–Crippen MR) is 63.3 cm³/mol. The maximum atomic E-state index is 11.5. The fourth-order valence-electron chi connectivity index (χ4n) is 2.65. The van der Waals surface area contributed by atoms with Crippen molar-refractivity contribution in [3.05, 3.63) is 29.8 Å². The van der Waals surface area contributed by atoms with E-state index in [0.717, 1.165) is 25.3 Å². The molecule has 0 N–H and O–H groups in total. The monoisotopic (exact) mass is 233 g/mol. The highest BCUT2D eigenvalue weighted by atomic mass is 16.5. The second-order valence-electron chi connectivity index (χ2n) is 4.54. The van der Waals surface area contributed by atoms with E-state index < -0.39 is 0 Å². The largest absolute Gasteiger partial charge is 0.465 e. The highest BCUT2D eigenvalue weighted by Gasteiger charge is 2.39. The van der Waals surface area contributed by atoms with Crippen LogP contribution in [0, 0.1) is 0 Å². The third-order valence-electron chi connectivity index (χ3n) is 3.50. The van der Waals surface area contributed by atoms with Crippen LogP contribution in [0.25, 0.3) is 0 Å². The first-order valence-electron chi connectivity index (χ1n) is 5.84. The van der Waals surface area contributed by atoms with Crippen molar-refractivity contribution in [2.24, 2.45) is 0 Å². The van der Waals surface area contributed by atoms with Gasteiger partial charge in [-0.2, -0.15) is 0 Å². The standard InChI is InChI=1S/C13H15NO3/c1-16-13(15)9-3-2-4-10(5-9)14-7-12-6-11(14)8-17-12/h2-5,11-12H,6-8H2,1H3. The Morgan fingerprint density at radius 1 is 1.53 bits per heavy atom. The number of benzene rings is 1. The number of nitrogens with zero attached hydrogens (tertiary/aromatic N) is 1. The van der Waals surface area contributed by atoms with Crippen LogP contribution >= 0.6 is 0 Å². The summed E-state index contributed by atoms with van der Waals surface area (Å²) in [6, 6.07) is 8.07. The van der Waals surface area contributed by atoms with E-state index >= 15 is 0 Å². The molecule has 0 aliphatic carbocycles. The number of carbonyl (C=O) groups is 1. The smallest absolute Gasteiger partial charge is 0.337 e. The SMILES string of the molecule is COC(=O)c1cccc(N2CC3CC2CO3)c1. The first-order valence-corrected chi connectivity index (χ1v) is 5.84. The van der Waals surface area contributed by atoms with Crippen LogP contribution in [0.15, 0.2) is 24.3 Å². The lowest BCUT2D eigenvalue weighted by molar-refractivity contribution is 0.0601. The molecule has 2 saturated heterocycles. The number of morpholine rings is 1. The van der Waals surface area contributed by atoms with Crippen LogP contribution in [0.2, 0.25) is 0 Å². The Hall–Kier alpha value is -1.55. The maximum Gasteiger partial charge on any atom is 0.337 e. The van der Waals surface area contributed by atoms with E-state index in [1.54, 1.807) is 6.07 Å². The predicted octanol–water partition coefficient (Wildman–Crippen LogP) is 1.45. The number of anilines is 1. The van der Waals surface area contributed by atoms with Gasteiger partial charge in [-0.1, -0.05) is 6.07 Å². The first kappa shape index (κ1) is 10.6. The molecule has 4 nitrogen and oxygen atoms in total. The van der Waals surface area contributed by atoms with Crippen molar-refractivity contribution in [2.75, 3.05) is 25.2 Å². The Morgan fingerprint density at radius 2 is 2.41 bits per heavy atom. The summed E-state index contributed by atoms with van der Waals surface area (Å²) >= 11 is 0. The Bertz CT molecular complexity index is 446. The lowest BCUT2D eigenvalue weighted by atomic mass is 10.1. The van der Waals surface area contributed by atoms with Gasteiger partial charge in [0.15, 0.2) is 0 Å². The van der Waals surface area contributed by atoms with Crippen molar-refractivity contribution in [1.29, 1.82) is 0 Å². The molecule has 0 radical (unpaired) electrons. The van der Waals surface area contributed by atoms with Crippen molar-refractivity contribution < 1.29 is 14.3 Å². The van der Waals surface area contributed by atoms with Gasteiger partial charge in [0.05, 0.1) is 31.4 Å². The summed E-state index contributed by atoms with van der Waals surface area (Å²) in [5.41, 5.74) is 1.69. The van der Waals surface area contributed by atoms with Crippen LogP contribution in [0.4, 0.5) is 5.69 Å². The van der Waals surface area contributed by atoms with Gasteiger partial charge in [0.2, 0.25) is 0 Å². The molecule has 1 aromatic rings. The lowest BCUT2D eigenvalue weighted by Gasteiger charge is -2.29. The quantitative estimate of drug-likeness (QED) is 0.725. The topological polar surface area (TPSA) is 38.8 Å². The van der Waals surface area contributed by atoms with Gasteiger partial charge in [-0.05, 0) is 24.6 Å². The van der Waals surface area contributed by atoms with Crippen LogP contribution in [0.5, 0.6) is 0 Å². The molecular weight excluding hydrogens is 218 g/mol. The Balaban J connectivity index is 1.86. The molecule has 90 valence electrons. The number of rotatable bonds is 2. The maximum absolute atomic E-state index is 11.5. The average Bonchev–Trinajstić information content (AvgIpc) is 3.00. The van der Waals surface area contributed by atoms with Crippen LogP contribution in [-0.2, 0) is 9.47 Å². The summed E-state index contributed by atoms with van der Waals surface area (Å²) in [6.07, 6.45) is 1.46. The molecule has 2 heterocycles. The van der Waals surface area contributed by atoms with Gasteiger partial charge >= 0.3 is 5.97 Å². The number of carbonyl (C=O) groups excluding carboxylic acids is 1. The zero-order chi connectivity index (χ0) is 11.8. The molecule has 4 heteroatoms. The summed E-state index contributed by atoms with van der Waals surface area (Å²) in [4.78, 5) is 13.8. The molecule has 2 fully saturated rings. The molecule has 3 rings (SSSR count). The fourth-order valence-corrected chi connectivity index (χ4v) is 2.65. The fraction of sp³-hybridized carbons (Fsp3) is 0.462. The normalized spacial score (nSPS) is 26.3. The minimum atomic E-state index is -0.285. The van der Waals surface area contributed by atoms with Crippen molar-refractivity contribution in [3.8, 4) is 0 Å². The molecule has 0 saturated carbocycles. The number of fused-ring (bicyclic) bond motifs is 2. The minimum Gasteiger partial charge on any atom is -0.465 e. The molecule has 2 aliphatic heterocycles. The summed E-state index contributed by atoms with van der Waals surface area (Å²) in [5.74, 6) is -0.285. The van der Waals surface area contributed by atoms with Crippen molar-refractivity contribution in [3.63, 3.8) is 0 Å². The summed E-state index contributed by atoms with van der Waals surface area (Å²) in [5, 5.41) is 0. The zero-order valence-electron chi connectivity index (χ0n) is 9.76. The second kappa shape index (κ2) is 4.04. The first-order chi connectivity index (χ1) is 8.28. The van der Waals surface area contributed by atoms with Gasteiger partial charge < -0.3 is 14.4 Å². The number of ether oxygens (including phenoxy) is 2. The van der Waals surface area contributed by atoms with Gasteiger partial charge in [-0.15, -0.1) is 0 Å². The van der Waals surface area contributed by atoms with Crippen molar-refractivity contribution >= 4 is 11.7 Å². The molecule has 2 unspecified atom stereocenters. The van der Waals surface area contributed by atoms with E-state index in [0.29, 0.717) is 17.7 Å². The van der Waals surface area contributed by atoms with Crippen LogP contribution in [-0.4, -0.2) is 38.4 Å². The number of esters is 1. The summed E-state index contributed by atoms with van der Waals surface area (Å²) in [6.45, 7) is 1.72. The zero-order valence-corrected chi connectivity index (χ0v) is 9.76. The van der Waals surface area contributed by atoms with E-state index in [-0.39, 0.29) is 5.97 Å². The van der Waals surface area contributed by atoms with E-state index in [4.69, 9.17) is 9.47 Å². The van der Waals surface area contributed by atoms with Gasteiger partial charge in [0.1, 0.15) is 0 Å². The molecule has 0 amide bonds. The second-order valence-corrected chi connectivity index (χ2v) is 4.54. The van der Waals surface area contributed by atoms with E-state index in [9.17, 15) is 4.79 Å². The molecule has 2 atom stereocenters. The van der Waals surface area contributed by atoms with Crippen molar-refractivity contribution in [1.82, 2.24) is 0 Å². The Labute approximate surface area is 100 Å². The van der Waals surface area contributed by atoms with Gasteiger partial charge in [-0.3, -0.25) is 0 Å². The summed E-state index contributed by atoms with van der Waals surface area (Å²) in [7, 11) is 1.40. The Kier molecular flexibility index (Phi) is 2.52.